The number of alkyl halides is 3. The number of carbonyl (C=O) groups is 1. The van der Waals surface area contributed by atoms with Crippen LogP contribution in [0.3, 0.4) is 0 Å². The van der Waals surface area contributed by atoms with E-state index in [4.69, 9.17) is 9.47 Å². The predicted molar refractivity (Wildman–Crippen MR) is 113 cm³/mol. The standard InChI is InChI=1S/C22H18F3NO4S/c1-29-16-7-3-13(4-8-16)17-9-6-15(22(23,24)25)12-18(17)26-31-20-11-14(21(27)28)5-10-19(20)30-2/h3-12,26H,1-2H3,(H,27,28). The quantitative estimate of drug-likeness (QED) is 0.418. The third-order valence-corrected chi connectivity index (χ3v) is 5.29. The number of hydrogen-bond donors (Lipinski definition) is 2. The molecule has 2 N–H and O–H groups in total. The number of nitrogens with one attached hydrogen (secondary N) is 1. The van der Waals surface area contributed by atoms with Crippen molar-refractivity contribution in [2.45, 2.75) is 11.1 Å². The molecule has 9 heteroatoms. The smallest absolute Gasteiger partial charge is 0.416 e. The van der Waals surface area contributed by atoms with Crippen molar-refractivity contribution >= 4 is 23.6 Å². The highest BCUT2D eigenvalue weighted by molar-refractivity contribution is 8.00. The van der Waals surface area contributed by atoms with Crippen LogP contribution in [-0.4, -0.2) is 25.3 Å². The number of carboxylic acids is 1. The highest BCUT2D eigenvalue weighted by atomic mass is 32.2. The van der Waals surface area contributed by atoms with E-state index >= 15 is 0 Å². The van der Waals surface area contributed by atoms with Crippen LogP contribution in [0.5, 0.6) is 11.5 Å². The Labute approximate surface area is 180 Å². The van der Waals surface area contributed by atoms with Gasteiger partial charge in [-0.05, 0) is 60.0 Å². The zero-order chi connectivity index (χ0) is 22.6. The van der Waals surface area contributed by atoms with Crippen molar-refractivity contribution in [2.75, 3.05) is 18.9 Å². The molecule has 0 radical (unpaired) electrons. The molecule has 3 rings (SSSR count). The second-order valence-corrected chi connectivity index (χ2v) is 7.21. The van der Waals surface area contributed by atoms with Crippen LogP contribution in [0.15, 0.2) is 65.6 Å². The van der Waals surface area contributed by atoms with Crippen molar-refractivity contribution in [1.29, 1.82) is 0 Å². The van der Waals surface area contributed by atoms with Gasteiger partial charge in [-0.2, -0.15) is 13.2 Å². The van der Waals surface area contributed by atoms with Gasteiger partial charge < -0.3 is 19.3 Å². The maximum Gasteiger partial charge on any atom is 0.416 e. The SMILES string of the molecule is COc1ccc(-c2ccc(C(F)(F)F)cc2NSc2cc(C(=O)O)ccc2OC)cc1. The molecule has 0 heterocycles. The van der Waals surface area contributed by atoms with E-state index in [1.165, 1.54) is 38.5 Å². The first-order valence-corrected chi connectivity index (χ1v) is 9.74. The molecule has 0 bridgehead atoms. The molecule has 0 unspecified atom stereocenters. The fourth-order valence-corrected chi connectivity index (χ4v) is 3.65. The molecule has 3 aromatic carbocycles. The number of halogens is 3. The Kier molecular flexibility index (Phi) is 6.65. The summed E-state index contributed by atoms with van der Waals surface area (Å²) >= 11 is 0.962. The molecule has 0 aromatic heterocycles. The summed E-state index contributed by atoms with van der Waals surface area (Å²) in [5.74, 6) is -0.113. The van der Waals surface area contributed by atoms with E-state index < -0.39 is 17.7 Å². The van der Waals surface area contributed by atoms with Gasteiger partial charge in [0.05, 0.1) is 35.9 Å². The van der Waals surface area contributed by atoms with Crippen LogP contribution in [0, 0.1) is 0 Å². The minimum atomic E-state index is -4.51. The molecular formula is C22H18F3NO4S. The lowest BCUT2D eigenvalue weighted by Crippen LogP contribution is -2.06. The second-order valence-electron chi connectivity index (χ2n) is 6.36. The van der Waals surface area contributed by atoms with E-state index in [1.807, 2.05) is 0 Å². The molecule has 0 saturated heterocycles. The number of benzene rings is 3. The Bertz CT molecular complexity index is 1090. The third-order valence-electron chi connectivity index (χ3n) is 4.43. The van der Waals surface area contributed by atoms with Gasteiger partial charge in [-0.1, -0.05) is 18.2 Å². The first-order chi connectivity index (χ1) is 14.7. The van der Waals surface area contributed by atoms with Gasteiger partial charge in [0.2, 0.25) is 0 Å². The fourth-order valence-electron chi connectivity index (χ4n) is 2.83. The molecule has 5 nitrogen and oxygen atoms in total. The first kappa shape index (κ1) is 22.4. The predicted octanol–water partition coefficient (Wildman–Crippen LogP) is 6.21. The van der Waals surface area contributed by atoms with E-state index in [0.29, 0.717) is 27.5 Å². The molecule has 0 amide bonds. The maximum atomic E-state index is 13.3. The van der Waals surface area contributed by atoms with Crippen LogP contribution in [0.1, 0.15) is 15.9 Å². The number of rotatable bonds is 7. The highest BCUT2D eigenvalue weighted by Gasteiger charge is 2.31. The molecule has 0 spiro atoms. The third kappa shape index (κ3) is 5.24. The largest absolute Gasteiger partial charge is 0.497 e. The molecule has 0 aliphatic heterocycles. The molecule has 31 heavy (non-hydrogen) atoms. The van der Waals surface area contributed by atoms with E-state index in [2.05, 4.69) is 4.72 Å². The van der Waals surface area contributed by atoms with Gasteiger partial charge >= 0.3 is 12.1 Å². The lowest BCUT2D eigenvalue weighted by molar-refractivity contribution is -0.137. The summed E-state index contributed by atoms with van der Waals surface area (Å²) in [5.41, 5.74) is 0.664. The van der Waals surface area contributed by atoms with E-state index in [1.54, 1.807) is 24.3 Å². The Morgan fingerprint density at radius 3 is 2.26 bits per heavy atom. The molecule has 0 aliphatic carbocycles. The van der Waals surface area contributed by atoms with Gasteiger partial charge in [-0.25, -0.2) is 4.79 Å². The highest BCUT2D eigenvalue weighted by Crippen LogP contribution is 2.39. The molecule has 162 valence electrons. The number of methoxy groups -OCH3 is 2. The lowest BCUT2D eigenvalue weighted by Gasteiger charge is -2.16. The zero-order valence-electron chi connectivity index (χ0n) is 16.5. The zero-order valence-corrected chi connectivity index (χ0v) is 17.3. The molecule has 0 saturated carbocycles. The average molecular weight is 449 g/mol. The molecule has 0 aliphatic rings. The summed E-state index contributed by atoms with van der Waals surface area (Å²) < 4.78 is 53.2. The monoisotopic (exact) mass is 449 g/mol. The average Bonchev–Trinajstić information content (AvgIpc) is 2.76. The Balaban J connectivity index is 2.00. The minimum Gasteiger partial charge on any atom is -0.497 e. The number of ether oxygens (including phenoxy) is 2. The van der Waals surface area contributed by atoms with Crippen molar-refractivity contribution in [3.05, 3.63) is 71.8 Å². The number of anilines is 1. The second kappa shape index (κ2) is 9.22. The van der Waals surface area contributed by atoms with Crippen molar-refractivity contribution in [1.82, 2.24) is 0 Å². The van der Waals surface area contributed by atoms with Gasteiger partial charge in [-0.15, -0.1) is 0 Å². The summed E-state index contributed by atoms with van der Waals surface area (Å²) in [4.78, 5) is 11.7. The number of aromatic carboxylic acids is 1. The van der Waals surface area contributed by atoms with Gasteiger partial charge in [0.15, 0.2) is 0 Å². The minimum absolute atomic E-state index is 0.0320. The Hall–Kier alpha value is -3.33. The summed E-state index contributed by atoms with van der Waals surface area (Å²) in [6.45, 7) is 0. The molecule has 0 atom stereocenters. The van der Waals surface area contributed by atoms with Gasteiger partial charge in [0, 0.05) is 5.56 Å². The Morgan fingerprint density at radius 1 is 0.968 bits per heavy atom. The van der Waals surface area contributed by atoms with E-state index in [-0.39, 0.29) is 11.3 Å². The van der Waals surface area contributed by atoms with Crippen LogP contribution < -0.4 is 14.2 Å². The van der Waals surface area contributed by atoms with Crippen molar-refractivity contribution in [2.24, 2.45) is 0 Å². The summed E-state index contributed by atoms with van der Waals surface area (Å²) in [7, 11) is 2.95. The molecule has 3 aromatic rings. The number of carboxylic acid groups (broad SMARTS) is 1. The van der Waals surface area contributed by atoms with Crippen LogP contribution in [0.4, 0.5) is 18.9 Å². The van der Waals surface area contributed by atoms with Crippen molar-refractivity contribution < 1.29 is 32.5 Å². The Morgan fingerprint density at radius 2 is 1.68 bits per heavy atom. The van der Waals surface area contributed by atoms with E-state index in [9.17, 15) is 23.1 Å². The van der Waals surface area contributed by atoms with Crippen LogP contribution in [-0.2, 0) is 6.18 Å². The summed E-state index contributed by atoms with van der Waals surface area (Å²) in [5, 5.41) is 9.21. The number of hydrogen-bond acceptors (Lipinski definition) is 5. The van der Waals surface area contributed by atoms with Crippen molar-refractivity contribution in [3.8, 4) is 22.6 Å². The normalized spacial score (nSPS) is 11.1. The summed E-state index contributed by atoms with van der Waals surface area (Å²) in [6.07, 6.45) is -4.51. The van der Waals surface area contributed by atoms with Crippen LogP contribution in [0.25, 0.3) is 11.1 Å². The maximum absolute atomic E-state index is 13.3. The lowest BCUT2D eigenvalue weighted by atomic mass is 10.0. The van der Waals surface area contributed by atoms with E-state index in [0.717, 1.165) is 24.1 Å². The first-order valence-electron chi connectivity index (χ1n) is 8.93. The summed E-state index contributed by atoms with van der Waals surface area (Å²) in [6, 6.07) is 14.6. The topological polar surface area (TPSA) is 67.8 Å². The fraction of sp³-hybridized carbons (Fsp3) is 0.136. The molecule has 0 fully saturated rings. The van der Waals surface area contributed by atoms with Crippen molar-refractivity contribution in [3.63, 3.8) is 0 Å². The van der Waals surface area contributed by atoms with Crippen LogP contribution >= 0.6 is 11.9 Å². The molecular weight excluding hydrogens is 431 g/mol. The van der Waals surface area contributed by atoms with Gasteiger partial charge in [0.25, 0.3) is 0 Å². The van der Waals surface area contributed by atoms with Crippen LogP contribution in [0.2, 0.25) is 0 Å². The van der Waals surface area contributed by atoms with Gasteiger partial charge in [-0.3, -0.25) is 0 Å². The van der Waals surface area contributed by atoms with Gasteiger partial charge in [0.1, 0.15) is 11.5 Å².